The predicted octanol–water partition coefficient (Wildman–Crippen LogP) is 3.43. The average Bonchev–Trinajstić information content (AvgIpc) is 3.08. The van der Waals surface area contributed by atoms with Crippen LogP contribution in [0.15, 0.2) is 24.3 Å². The number of hydrogen-bond donors (Lipinski definition) is 1. The maximum atomic E-state index is 13.8. The predicted molar refractivity (Wildman–Crippen MR) is 87.1 cm³/mol. The van der Waals surface area contributed by atoms with Gasteiger partial charge in [-0.15, -0.1) is 0 Å². The molecule has 1 N–H and O–H groups in total. The van der Waals surface area contributed by atoms with Crippen LogP contribution in [0.5, 0.6) is 0 Å². The number of urea groups is 1. The summed E-state index contributed by atoms with van der Waals surface area (Å²) in [6, 6.07) is 6.73. The summed E-state index contributed by atoms with van der Waals surface area (Å²) >= 11 is 0. The molecule has 2 amide bonds. The minimum atomic E-state index is -0.410. The van der Waals surface area contributed by atoms with Crippen LogP contribution < -0.4 is 5.32 Å². The van der Waals surface area contributed by atoms with Crippen LogP contribution in [-0.4, -0.2) is 33.8 Å². The Bertz CT molecular complexity index is 740. The molecule has 3 rings (SSSR count). The van der Waals surface area contributed by atoms with E-state index in [1.807, 2.05) is 31.5 Å². The Balaban J connectivity index is 1.66. The Morgan fingerprint density at radius 2 is 2.09 bits per heavy atom. The SMILES string of the molecule is Cc1ccc(NC(=O)N2CC[C@@H](n3nc(C)cc3C)C2)c(F)c1. The first-order valence-electron chi connectivity index (χ1n) is 7.79. The van der Waals surface area contributed by atoms with Crippen LogP contribution in [0, 0.1) is 26.6 Å². The second kappa shape index (κ2) is 6.02. The van der Waals surface area contributed by atoms with Crippen molar-refractivity contribution < 1.29 is 9.18 Å². The molecule has 5 nitrogen and oxygen atoms in total. The van der Waals surface area contributed by atoms with E-state index in [-0.39, 0.29) is 17.8 Å². The van der Waals surface area contributed by atoms with Gasteiger partial charge in [0.2, 0.25) is 0 Å². The number of likely N-dealkylation sites (tertiary alicyclic amines) is 1. The number of carbonyl (C=O) groups excluding carboxylic acids is 1. The highest BCUT2D eigenvalue weighted by molar-refractivity contribution is 5.89. The van der Waals surface area contributed by atoms with E-state index < -0.39 is 5.82 Å². The van der Waals surface area contributed by atoms with Gasteiger partial charge < -0.3 is 10.2 Å². The highest BCUT2D eigenvalue weighted by Crippen LogP contribution is 2.24. The smallest absolute Gasteiger partial charge is 0.321 e. The third-order valence-electron chi connectivity index (χ3n) is 4.21. The molecule has 1 aromatic carbocycles. The van der Waals surface area contributed by atoms with E-state index in [2.05, 4.69) is 10.4 Å². The van der Waals surface area contributed by atoms with E-state index in [1.165, 1.54) is 6.07 Å². The number of aromatic nitrogens is 2. The van der Waals surface area contributed by atoms with Crippen LogP contribution in [0.25, 0.3) is 0 Å². The fourth-order valence-electron chi connectivity index (χ4n) is 3.06. The van der Waals surface area contributed by atoms with Gasteiger partial charge in [-0.2, -0.15) is 5.10 Å². The Morgan fingerprint density at radius 3 is 2.74 bits per heavy atom. The molecule has 1 saturated heterocycles. The lowest BCUT2D eigenvalue weighted by atomic mass is 10.2. The molecule has 23 heavy (non-hydrogen) atoms. The van der Waals surface area contributed by atoms with Gasteiger partial charge in [-0.05, 0) is 51.0 Å². The van der Waals surface area contributed by atoms with Gasteiger partial charge in [-0.25, -0.2) is 9.18 Å². The maximum absolute atomic E-state index is 13.8. The van der Waals surface area contributed by atoms with Crippen molar-refractivity contribution in [1.82, 2.24) is 14.7 Å². The number of anilines is 1. The molecule has 1 aromatic heterocycles. The molecule has 0 radical (unpaired) electrons. The zero-order valence-corrected chi connectivity index (χ0v) is 13.6. The monoisotopic (exact) mass is 316 g/mol. The van der Waals surface area contributed by atoms with Gasteiger partial charge in [0.15, 0.2) is 0 Å². The molecule has 0 saturated carbocycles. The van der Waals surface area contributed by atoms with Crippen molar-refractivity contribution in [1.29, 1.82) is 0 Å². The van der Waals surface area contributed by atoms with Crippen molar-refractivity contribution in [2.45, 2.75) is 33.2 Å². The Labute approximate surface area is 135 Å². The number of hydrogen-bond acceptors (Lipinski definition) is 2. The summed E-state index contributed by atoms with van der Waals surface area (Å²) in [5.41, 5.74) is 3.12. The zero-order valence-electron chi connectivity index (χ0n) is 13.6. The minimum Gasteiger partial charge on any atom is -0.322 e. The highest BCUT2D eigenvalue weighted by Gasteiger charge is 2.29. The molecule has 6 heteroatoms. The molecule has 1 fully saturated rings. The number of aryl methyl sites for hydroxylation is 3. The van der Waals surface area contributed by atoms with Gasteiger partial charge in [0.25, 0.3) is 0 Å². The van der Waals surface area contributed by atoms with Crippen LogP contribution in [0.3, 0.4) is 0 Å². The number of rotatable bonds is 2. The molecule has 0 spiro atoms. The second-order valence-corrected chi connectivity index (χ2v) is 6.17. The van der Waals surface area contributed by atoms with Crippen LogP contribution in [0.4, 0.5) is 14.9 Å². The lowest BCUT2D eigenvalue weighted by Gasteiger charge is -2.18. The largest absolute Gasteiger partial charge is 0.322 e. The van der Waals surface area contributed by atoms with Crippen molar-refractivity contribution in [3.8, 4) is 0 Å². The molecule has 0 aliphatic carbocycles. The van der Waals surface area contributed by atoms with Crippen LogP contribution >= 0.6 is 0 Å². The summed E-state index contributed by atoms with van der Waals surface area (Å²) in [6.45, 7) is 7.02. The number of amides is 2. The second-order valence-electron chi connectivity index (χ2n) is 6.17. The molecule has 2 aromatic rings. The Hall–Kier alpha value is -2.37. The van der Waals surface area contributed by atoms with Crippen molar-refractivity contribution in [2.24, 2.45) is 0 Å². The Kier molecular flexibility index (Phi) is 4.07. The van der Waals surface area contributed by atoms with E-state index in [9.17, 15) is 9.18 Å². The quantitative estimate of drug-likeness (QED) is 0.923. The maximum Gasteiger partial charge on any atom is 0.321 e. The third-order valence-corrected chi connectivity index (χ3v) is 4.21. The van der Waals surface area contributed by atoms with Crippen LogP contribution in [-0.2, 0) is 0 Å². The number of benzene rings is 1. The zero-order chi connectivity index (χ0) is 16.6. The van der Waals surface area contributed by atoms with Gasteiger partial charge in [0.1, 0.15) is 5.82 Å². The average molecular weight is 316 g/mol. The molecule has 0 bridgehead atoms. The van der Waals surface area contributed by atoms with Gasteiger partial charge >= 0.3 is 6.03 Å². The van der Waals surface area contributed by atoms with E-state index in [0.717, 1.165) is 23.4 Å². The summed E-state index contributed by atoms with van der Waals surface area (Å²) in [6.07, 6.45) is 0.853. The van der Waals surface area contributed by atoms with E-state index in [4.69, 9.17) is 0 Å². The molecule has 0 unspecified atom stereocenters. The number of carbonyl (C=O) groups is 1. The fourth-order valence-corrected chi connectivity index (χ4v) is 3.06. The van der Waals surface area contributed by atoms with Crippen molar-refractivity contribution in [3.05, 3.63) is 47.0 Å². The van der Waals surface area contributed by atoms with E-state index >= 15 is 0 Å². The van der Waals surface area contributed by atoms with E-state index in [0.29, 0.717) is 13.1 Å². The summed E-state index contributed by atoms with van der Waals surface area (Å²) in [4.78, 5) is 14.0. The first-order valence-corrected chi connectivity index (χ1v) is 7.79. The normalized spacial score (nSPS) is 17.6. The molecule has 122 valence electrons. The topological polar surface area (TPSA) is 50.2 Å². The first kappa shape index (κ1) is 15.5. The lowest BCUT2D eigenvalue weighted by Crippen LogP contribution is -2.33. The van der Waals surface area contributed by atoms with Gasteiger partial charge in [-0.3, -0.25) is 4.68 Å². The molecule has 1 aliphatic rings. The van der Waals surface area contributed by atoms with Crippen LogP contribution in [0.2, 0.25) is 0 Å². The minimum absolute atomic E-state index is 0.178. The summed E-state index contributed by atoms with van der Waals surface area (Å²) in [5.74, 6) is -0.410. The molecule has 2 heterocycles. The number of nitrogens with zero attached hydrogens (tertiary/aromatic N) is 3. The number of nitrogens with one attached hydrogen (secondary N) is 1. The lowest BCUT2D eigenvalue weighted by molar-refractivity contribution is 0.220. The molecule has 1 atom stereocenters. The summed E-state index contributed by atoms with van der Waals surface area (Å²) in [5, 5.41) is 7.15. The summed E-state index contributed by atoms with van der Waals surface area (Å²) < 4.78 is 15.8. The van der Waals surface area contributed by atoms with Gasteiger partial charge in [-0.1, -0.05) is 6.07 Å². The third kappa shape index (κ3) is 3.21. The molecule has 1 aliphatic heterocycles. The van der Waals surface area contributed by atoms with Crippen LogP contribution in [0.1, 0.15) is 29.4 Å². The molecular weight excluding hydrogens is 295 g/mol. The van der Waals surface area contributed by atoms with E-state index in [1.54, 1.807) is 17.0 Å². The Morgan fingerprint density at radius 1 is 1.30 bits per heavy atom. The fraction of sp³-hybridized carbons (Fsp3) is 0.412. The van der Waals surface area contributed by atoms with Crippen molar-refractivity contribution in [2.75, 3.05) is 18.4 Å². The van der Waals surface area contributed by atoms with Crippen molar-refractivity contribution >= 4 is 11.7 Å². The van der Waals surface area contributed by atoms with Gasteiger partial charge in [0, 0.05) is 18.8 Å². The molecular formula is C17H21FN4O. The standard InChI is InChI=1S/C17H21FN4O/c1-11-4-5-16(15(18)8-11)19-17(23)21-7-6-14(10-21)22-13(3)9-12(2)20-22/h4-5,8-9,14H,6-7,10H2,1-3H3,(H,19,23)/t14-/m1/s1. The van der Waals surface area contributed by atoms with Gasteiger partial charge in [0.05, 0.1) is 17.4 Å². The van der Waals surface area contributed by atoms with Crippen molar-refractivity contribution in [3.63, 3.8) is 0 Å². The highest BCUT2D eigenvalue weighted by atomic mass is 19.1. The first-order chi connectivity index (χ1) is 10.9. The number of halogens is 1. The summed E-state index contributed by atoms with van der Waals surface area (Å²) in [7, 11) is 0.